The number of imidazole rings is 1. The summed E-state index contributed by atoms with van der Waals surface area (Å²) in [7, 11) is 3.40. The molecule has 1 heterocycles. The number of aromatic nitrogens is 2. The van der Waals surface area contributed by atoms with Crippen molar-refractivity contribution in [3.63, 3.8) is 0 Å². The molecule has 7 nitrogen and oxygen atoms in total. The molecule has 7 heteroatoms. The van der Waals surface area contributed by atoms with E-state index in [1.54, 1.807) is 25.3 Å². The van der Waals surface area contributed by atoms with E-state index in [-0.39, 0.29) is 17.3 Å². The maximum atomic E-state index is 10.9. The molecule has 1 fully saturated rings. The highest BCUT2D eigenvalue weighted by Gasteiger charge is 2.52. The van der Waals surface area contributed by atoms with E-state index in [9.17, 15) is 4.79 Å². The van der Waals surface area contributed by atoms with Gasteiger partial charge in [0.25, 0.3) is 0 Å². The molecule has 4 aromatic carbocycles. The third kappa shape index (κ3) is 6.55. The molecule has 3 atom stereocenters. The zero-order valence-corrected chi connectivity index (χ0v) is 31.5. The number of nitrogens with zero attached hydrogens (tertiary/aromatic N) is 1. The van der Waals surface area contributed by atoms with Crippen molar-refractivity contribution in [1.82, 2.24) is 9.97 Å². The molecule has 5 aromatic rings. The van der Waals surface area contributed by atoms with E-state index < -0.39 is 5.97 Å². The Labute approximate surface area is 307 Å². The number of H-pyrrole nitrogens is 1. The lowest BCUT2D eigenvalue weighted by Gasteiger charge is -2.56. The van der Waals surface area contributed by atoms with Crippen molar-refractivity contribution in [3.05, 3.63) is 95.1 Å². The Kier molecular flexibility index (Phi) is 9.81. The Morgan fingerprint density at radius 2 is 1.77 bits per heavy atom. The van der Waals surface area contributed by atoms with Gasteiger partial charge in [-0.2, -0.15) is 0 Å². The minimum Gasteiger partial charge on any atom is -0.496 e. The van der Waals surface area contributed by atoms with Crippen molar-refractivity contribution in [3.8, 4) is 39.8 Å². The van der Waals surface area contributed by atoms with Gasteiger partial charge in [-0.25, -0.2) is 4.98 Å². The van der Waals surface area contributed by atoms with Crippen LogP contribution in [0.4, 0.5) is 0 Å². The fourth-order valence-corrected chi connectivity index (χ4v) is 9.56. The number of carboxylic acids is 1. The quantitative estimate of drug-likeness (QED) is 0.126. The van der Waals surface area contributed by atoms with Crippen LogP contribution in [0.25, 0.3) is 33.5 Å². The highest BCUT2D eigenvalue weighted by Crippen LogP contribution is 2.59. The molecule has 0 spiro atoms. The van der Waals surface area contributed by atoms with E-state index in [2.05, 4.69) is 87.3 Å². The van der Waals surface area contributed by atoms with Gasteiger partial charge in [0.2, 0.25) is 0 Å². The number of hydrogen-bond acceptors (Lipinski definition) is 5. The van der Waals surface area contributed by atoms with Gasteiger partial charge in [-0.3, -0.25) is 4.79 Å². The maximum absolute atomic E-state index is 10.9. The summed E-state index contributed by atoms with van der Waals surface area (Å²) >= 11 is 0. The van der Waals surface area contributed by atoms with Crippen molar-refractivity contribution >= 4 is 17.0 Å². The van der Waals surface area contributed by atoms with Crippen molar-refractivity contribution in [2.45, 2.75) is 90.4 Å². The Bertz CT molecular complexity index is 2090. The maximum Gasteiger partial charge on any atom is 0.303 e. The van der Waals surface area contributed by atoms with Crippen LogP contribution in [0.15, 0.2) is 72.8 Å². The number of hydrogen-bond donors (Lipinski definition) is 2. The number of carbonyl (C=O) groups is 1. The number of aliphatic carboxylic acids is 1. The smallest absolute Gasteiger partial charge is 0.303 e. The molecule has 0 radical (unpaired) electrons. The molecule has 1 aromatic heterocycles. The van der Waals surface area contributed by atoms with E-state index in [0.717, 1.165) is 46.3 Å². The normalized spacial score (nSPS) is 21.1. The molecule has 2 N–H and O–H groups in total. The molecule has 0 bridgehead atoms. The van der Waals surface area contributed by atoms with Gasteiger partial charge in [0.15, 0.2) is 0 Å². The van der Waals surface area contributed by atoms with Crippen molar-refractivity contribution in [1.29, 1.82) is 0 Å². The first-order chi connectivity index (χ1) is 25.0. The van der Waals surface area contributed by atoms with E-state index in [1.165, 1.54) is 36.8 Å². The van der Waals surface area contributed by atoms with Gasteiger partial charge < -0.3 is 24.3 Å². The molecule has 272 valence electrons. The fraction of sp³-hybridized carbons (Fsp3) is 0.422. The van der Waals surface area contributed by atoms with E-state index >= 15 is 0 Å². The predicted octanol–water partition coefficient (Wildman–Crippen LogP) is 10.5. The van der Waals surface area contributed by atoms with E-state index in [4.69, 9.17) is 24.3 Å². The van der Waals surface area contributed by atoms with Crippen molar-refractivity contribution in [2.75, 3.05) is 20.8 Å². The summed E-state index contributed by atoms with van der Waals surface area (Å²) < 4.78 is 17.9. The second-order valence-electron chi connectivity index (χ2n) is 15.8. The second-order valence-corrected chi connectivity index (χ2v) is 15.8. The van der Waals surface area contributed by atoms with Crippen molar-refractivity contribution < 1.29 is 24.1 Å². The lowest BCUT2D eigenvalue weighted by Crippen LogP contribution is -2.50. The van der Waals surface area contributed by atoms with Gasteiger partial charge >= 0.3 is 5.97 Å². The highest BCUT2D eigenvalue weighted by atomic mass is 16.5. The Balaban J connectivity index is 1.32. The largest absolute Gasteiger partial charge is 0.496 e. The van der Waals surface area contributed by atoms with Crippen LogP contribution in [0.3, 0.4) is 0 Å². The topological polar surface area (TPSA) is 93.7 Å². The molecular formula is C45H52N2O5. The number of aromatic amines is 1. The van der Waals surface area contributed by atoms with Gasteiger partial charge in [0, 0.05) is 24.1 Å². The van der Waals surface area contributed by atoms with Gasteiger partial charge in [0.05, 0.1) is 37.4 Å². The van der Waals surface area contributed by atoms with E-state index in [1.807, 2.05) is 18.2 Å². The minimum absolute atomic E-state index is 0.0423. The first-order valence-corrected chi connectivity index (χ1v) is 18.9. The predicted molar refractivity (Wildman–Crippen MR) is 208 cm³/mol. The van der Waals surface area contributed by atoms with Crippen LogP contribution in [-0.2, 0) is 23.1 Å². The Morgan fingerprint density at radius 3 is 2.50 bits per heavy atom. The summed E-state index contributed by atoms with van der Waals surface area (Å²) in [4.78, 5) is 19.9. The van der Waals surface area contributed by atoms with Crippen LogP contribution in [0.1, 0.15) is 94.4 Å². The van der Waals surface area contributed by atoms with Crippen LogP contribution in [-0.4, -0.2) is 41.9 Å². The number of fused-ring (bicyclic) bond motifs is 4. The number of aryl methyl sites for hydroxylation is 1. The SMILES string of the molecule is COc1cc(OCCCC(=O)O)ccc1-c1nc2c(C[C@@]3(C)CCC[C@]4(C)c5ccc(C(C)C)cc5CC[C@@H]34)c(-c3ccccc3)c(OC)cc2[nH]1. The van der Waals surface area contributed by atoms with Gasteiger partial charge in [-0.1, -0.05) is 82.6 Å². The lowest BCUT2D eigenvalue weighted by atomic mass is 9.48. The van der Waals surface area contributed by atoms with Crippen LogP contribution < -0.4 is 14.2 Å². The summed E-state index contributed by atoms with van der Waals surface area (Å²) in [5.74, 6) is 3.02. The van der Waals surface area contributed by atoms with Gasteiger partial charge in [0.1, 0.15) is 23.1 Å². The number of nitrogens with one attached hydrogen (secondary N) is 1. The monoisotopic (exact) mass is 700 g/mol. The molecule has 1 saturated carbocycles. The minimum atomic E-state index is -0.830. The molecular weight excluding hydrogens is 649 g/mol. The van der Waals surface area contributed by atoms with Gasteiger partial charge in [-0.05, 0) is 101 Å². The first-order valence-electron chi connectivity index (χ1n) is 18.9. The third-order valence-corrected chi connectivity index (χ3v) is 12.1. The highest BCUT2D eigenvalue weighted by molar-refractivity contribution is 5.93. The van der Waals surface area contributed by atoms with Crippen LogP contribution >= 0.6 is 0 Å². The number of rotatable bonds is 12. The number of benzene rings is 4. The average Bonchev–Trinajstić information content (AvgIpc) is 3.57. The molecule has 52 heavy (non-hydrogen) atoms. The third-order valence-electron chi connectivity index (χ3n) is 12.1. The van der Waals surface area contributed by atoms with E-state index in [0.29, 0.717) is 42.2 Å². The zero-order chi connectivity index (χ0) is 36.6. The number of methoxy groups -OCH3 is 2. The second kappa shape index (κ2) is 14.3. The summed E-state index contributed by atoms with van der Waals surface area (Å²) in [5.41, 5.74) is 10.9. The number of ether oxygens (including phenoxy) is 3. The molecule has 0 amide bonds. The Hall–Kier alpha value is -4.78. The van der Waals surface area contributed by atoms with Crippen LogP contribution in [0.5, 0.6) is 17.2 Å². The summed E-state index contributed by atoms with van der Waals surface area (Å²) in [6, 6.07) is 25.7. The summed E-state index contributed by atoms with van der Waals surface area (Å²) in [6.45, 7) is 9.97. The number of carboxylic acid groups (broad SMARTS) is 1. The zero-order valence-electron chi connectivity index (χ0n) is 31.5. The molecule has 2 aliphatic carbocycles. The lowest BCUT2D eigenvalue weighted by molar-refractivity contribution is -0.137. The molecule has 0 saturated heterocycles. The first kappa shape index (κ1) is 35.6. The molecule has 2 aliphatic rings. The summed E-state index contributed by atoms with van der Waals surface area (Å²) in [5, 5.41) is 8.98. The summed E-state index contributed by atoms with van der Waals surface area (Å²) in [6.07, 6.45) is 7.26. The van der Waals surface area contributed by atoms with Crippen molar-refractivity contribution in [2.24, 2.45) is 11.3 Å². The van der Waals surface area contributed by atoms with Crippen LogP contribution in [0, 0.1) is 11.3 Å². The van der Waals surface area contributed by atoms with Crippen LogP contribution in [0.2, 0.25) is 0 Å². The molecule has 0 aliphatic heterocycles. The fourth-order valence-electron chi connectivity index (χ4n) is 9.56. The Morgan fingerprint density at radius 1 is 0.981 bits per heavy atom. The van der Waals surface area contributed by atoms with Gasteiger partial charge in [-0.15, -0.1) is 0 Å². The average molecular weight is 701 g/mol. The molecule has 7 rings (SSSR count). The standard InChI is InChI=1S/C45H52N2O5/c1-28(2)30-15-19-35-31(24-30)16-20-39-44(3,21-11-22-45(35,39)4)27-34-41(29-12-8-7-9-13-29)38(51-6)26-36-42(34)47-43(46-36)33-18-17-32(25-37(33)50-5)52-23-10-14-40(48)49/h7-9,12-13,15,17-19,24-26,28,39H,10-11,14,16,20-23,27H2,1-6H3,(H,46,47)(H,48,49)/t39-,44+,45+/m0/s1. The molecule has 0 unspecified atom stereocenters.